The van der Waals surface area contributed by atoms with E-state index in [1.807, 2.05) is 0 Å². The Hall–Kier alpha value is -0.580. The lowest BCUT2D eigenvalue weighted by Gasteiger charge is -1.96. The zero-order valence-corrected chi connectivity index (χ0v) is 5.68. The van der Waals surface area contributed by atoms with Crippen molar-refractivity contribution in [3.63, 3.8) is 0 Å². The monoisotopic (exact) mass is 154 g/mol. The largest absolute Gasteiger partial charge is 0.468 e. The molecule has 0 bridgehead atoms. The molecule has 0 saturated carbocycles. The van der Waals surface area contributed by atoms with Gasteiger partial charge in [-0.15, -0.1) is 0 Å². The van der Waals surface area contributed by atoms with Crippen LogP contribution in [0.1, 0.15) is 6.92 Å². The van der Waals surface area contributed by atoms with Gasteiger partial charge in [0.25, 0.3) is 0 Å². The third-order valence-corrected chi connectivity index (χ3v) is 0.814. The van der Waals surface area contributed by atoms with Gasteiger partial charge in [-0.25, -0.2) is 12.8 Å². The minimum Gasteiger partial charge on any atom is -0.468 e. The number of alkyl halides is 1. The number of hydrogen-bond donors (Lipinski definition) is 1. The van der Waals surface area contributed by atoms with E-state index in [1.165, 1.54) is 0 Å². The van der Waals surface area contributed by atoms with Crippen LogP contribution in [0.5, 0.6) is 0 Å². The maximum absolute atomic E-state index is 11.7. The van der Waals surface area contributed by atoms with E-state index in [1.54, 1.807) is 0 Å². The molecule has 0 saturated heterocycles. The Labute approximate surface area is 54.1 Å². The average Bonchev–Trinajstić information content (AvgIpc) is 1.63. The van der Waals surface area contributed by atoms with Crippen molar-refractivity contribution in [1.82, 2.24) is 0 Å². The van der Waals surface area contributed by atoms with Gasteiger partial charge in [-0.2, -0.15) is 0 Å². The van der Waals surface area contributed by atoms with Crippen LogP contribution in [0, 0.1) is 0 Å². The highest BCUT2D eigenvalue weighted by atomic mass is 32.2. The van der Waals surface area contributed by atoms with Crippen molar-refractivity contribution in [2.45, 2.75) is 13.3 Å². The van der Waals surface area contributed by atoms with Crippen molar-refractivity contribution in [3.05, 3.63) is 11.7 Å². The van der Waals surface area contributed by atoms with Gasteiger partial charge in [0.05, 0.1) is 11.7 Å². The van der Waals surface area contributed by atoms with Crippen LogP contribution in [0.2, 0.25) is 0 Å². The predicted octanol–water partition coefficient (Wildman–Crippen LogP) is 0.401. The standard InChI is InChI=1S/C4H7FO3S/c1-4(5)8-2-3-9(6)7/h2-4,9H,1H3. The van der Waals surface area contributed by atoms with Gasteiger partial charge < -0.3 is 4.74 Å². The molecule has 0 aromatic carbocycles. The van der Waals surface area contributed by atoms with Crippen LogP contribution in [0.25, 0.3) is 0 Å². The molecule has 1 atom stereocenters. The quantitative estimate of drug-likeness (QED) is 0.472. The molecule has 0 rings (SSSR count). The van der Waals surface area contributed by atoms with Crippen LogP contribution in [0.15, 0.2) is 11.7 Å². The molecule has 0 amide bonds. The van der Waals surface area contributed by atoms with Gasteiger partial charge >= 0.3 is 0 Å². The summed E-state index contributed by atoms with van der Waals surface area (Å²) in [5, 5.41) is 0.755. The maximum atomic E-state index is 11.7. The van der Waals surface area contributed by atoms with Gasteiger partial charge in [0.2, 0.25) is 6.36 Å². The van der Waals surface area contributed by atoms with Crippen molar-refractivity contribution in [2.24, 2.45) is 0 Å². The normalized spacial score (nSPS) is 14.6. The smallest absolute Gasteiger partial charge is 0.234 e. The van der Waals surface area contributed by atoms with E-state index >= 15 is 0 Å². The van der Waals surface area contributed by atoms with Gasteiger partial charge in [0, 0.05) is 6.92 Å². The average molecular weight is 154 g/mol. The predicted molar refractivity (Wildman–Crippen MR) is 31.1 cm³/mol. The minimum atomic E-state index is -2.60. The van der Waals surface area contributed by atoms with E-state index < -0.39 is 17.1 Å². The molecule has 0 aromatic rings. The van der Waals surface area contributed by atoms with Crippen LogP contribution in [-0.2, 0) is 15.4 Å². The topological polar surface area (TPSA) is 43.4 Å². The summed E-state index contributed by atoms with van der Waals surface area (Å²) in [5.41, 5.74) is 0. The van der Waals surface area contributed by atoms with E-state index in [-0.39, 0.29) is 0 Å². The molecule has 0 radical (unpaired) electrons. The van der Waals surface area contributed by atoms with E-state index in [0.29, 0.717) is 0 Å². The van der Waals surface area contributed by atoms with Gasteiger partial charge in [0.1, 0.15) is 0 Å². The summed E-state index contributed by atoms with van der Waals surface area (Å²) in [6.07, 6.45) is -0.660. The molecule has 54 valence electrons. The molecule has 0 aliphatic carbocycles. The number of thiol groups is 1. The highest BCUT2D eigenvalue weighted by Crippen LogP contribution is 1.90. The molecule has 0 N–H and O–H groups in total. The molecule has 5 heteroatoms. The van der Waals surface area contributed by atoms with Crippen LogP contribution in [0.3, 0.4) is 0 Å². The summed E-state index contributed by atoms with van der Waals surface area (Å²) in [7, 11) is -2.60. The van der Waals surface area contributed by atoms with Gasteiger partial charge in [-0.05, 0) is 0 Å². The molecule has 0 spiro atoms. The number of ether oxygens (including phenoxy) is 1. The first-order valence-corrected chi connectivity index (χ1v) is 3.47. The Balaban J connectivity index is 3.49. The van der Waals surface area contributed by atoms with E-state index in [0.717, 1.165) is 18.6 Å². The summed E-state index contributed by atoms with van der Waals surface area (Å²) in [6.45, 7) is 1.15. The second-order valence-electron chi connectivity index (χ2n) is 1.25. The highest BCUT2D eigenvalue weighted by Gasteiger charge is 1.89. The molecular formula is C4H7FO3S. The van der Waals surface area contributed by atoms with Gasteiger partial charge in [-0.3, -0.25) is 0 Å². The third kappa shape index (κ3) is 7.42. The zero-order chi connectivity index (χ0) is 7.28. The van der Waals surface area contributed by atoms with Crippen LogP contribution in [-0.4, -0.2) is 14.8 Å². The fourth-order valence-electron chi connectivity index (χ4n) is 0.193. The van der Waals surface area contributed by atoms with Crippen molar-refractivity contribution >= 4 is 10.7 Å². The van der Waals surface area contributed by atoms with Gasteiger partial charge in [0.15, 0.2) is 10.7 Å². The summed E-state index contributed by atoms with van der Waals surface area (Å²) >= 11 is 0. The molecule has 0 fully saturated rings. The Morgan fingerprint density at radius 1 is 1.67 bits per heavy atom. The Bertz CT molecular complexity index is 153. The zero-order valence-electron chi connectivity index (χ0n) is 4.78. The summed E-state index contributed by atoms with van der Waals surface area (Å²) in [4.78, 5) is 0. The first-order valence-electron chi connectivity index (χ1n) is 2.22. The minimum absolute atomic E-state index is 0.755. The van der Waals surface area contributed by atoms with E-state index in [9.17, 15) is 12.8 Å². The molecule has 1 unspecified atom stereocenters. The number of rotatable bonds is 3. The lowest BCUT2D eigenvalue weighted by Crippen LogP contribution is -1.92. The first-order chi connectivity index (χ1) is 4.13. The fraction of sp³-hybridized carbons (Fsp3) is 0.500. The van der Waals surface area contributed by atoms with Crippen molar-refractivity contribution in [3.8, 4) is 0 Å². The molecular weight excluding hydrogens is 147 g/mol. The molecule has 0 aliphatic heterocycles. The Kier molecular flexibility index (Phi) is 4.04. The van der Waals surface area contributed by atoms with E-state index in [2.05, 4.69) is 4.74 Å². The molecule has 0 aliphatic rings. The second kappa shape index (κ2) is 4.31. The SMILES string of the molecule is CC(F)OC=C[SH](=O)=O. The van der Waals surface area contributed by atoms with Crippen LogP contribution < -0.4 is 0 Å². The Morgan fingerprint density at radius 3 is 2.56 bits per heavy atom. The van der Waals surface area contributed by atoms with E-state index in [4.69, 9.17) is 0 Å². The molecule has 3 nitrogen and oxygen atoms in total. The molecule has 9 heavy (non-hydrogen) atoms. The second-order valence-corrected chi connectivity index (χ2v) is 2.12. The summed E-state index contributed by atoms with van der Waals surface area (Å²) < 4.78 is 35.3. The summed E-state index contributed by atoms with van der Waals surface area (Å²) in [5.74, 6) is 0. The number of halogens is 1. The number of hydrogen-bond acceptors (Lipinski definition) is 3. The lowest BCUT2D eigenvalue weighted by molar-refractivity contribution is 0.0422. The fourth-order valence-corrected chi connectivity index (χ4v) is 0.363. The van der Waals surface area contributed by atoms with Gasteiger partial charge in [-0.1, -0.05) is 0 Å². The van der Waals surface area contributed by atoms with Crippen LogP contribution in [0.4, 0.5) is 4.39 Å². The Morgan fingerprint density at radius 2 is 2.22 bits per heavy atom. The lowest BCUT2D eigenvalue weighted by atomic mass is 10.8. The van der Waals surface area contributed by atoms with Crippen molar-refractivity contribution in [2.75, 3.05) is 0 Å². The third-order valence-electron chi connectivity index (χ3n) is 0.449. The highest BCUT2D eigenvalue weighted by molar-refractivity contribution is 7.75. The van der Waals surface area contributed by atoms with Crippen LogP contribution >= 0.6 is 0 Å². The van der Waals surface area contributed by atoms with Crippen molar-refractivity contribution < 1.29 is 17.5 Å². The summed E-state index contributed by atoms with van der Waals surface area (Å²) in [6, 6.07) is 0. The molecule has 0 heterocycles. The maximum Gasteiger partial charge on any atom is 0.234 e. The molecule has 0 aromatic heterocycles. The first kappa shape index (κ1) is 8.42. The van der Waals surface area contributed by atoms with Crippen molar-refractivity contribution in [1.29, 1.82) is 0 Å².